The van der Waals surface area contributed by atoms with E-state index in [9.17, 15) is 4.79 Å². The van der Waals surface area contributed by atoms with Crippen molar-refractivity contribution in [3.8, 4) is 5.75 Å². The quantitative estimate of drug-likeness (QED) is 0.934. The van der Waals surface area contributed by atoms with E-state index in [0.717, 1.165) is 31.0 Å². The molecule has 0 fully saturated rings. The topological polar surface area (TPSA) is 54.5 Å². The number of hydrogen-bond acceptors (Lipinski definition) is 5. The van der Waals surface area contributed by atoms with Crippen LogP contribution in [0.4, 0.5) is 5.13 Å². The van der Waals surface area contributed by atoms with Crippen LogP contribution in [0.3, 0.4) is 0 Å². The number of likely N-dealkylation sites (N-methyl/N-ethyl adjacent to an activating group) is 1. The first kappa shape index (κ1) is 16.7. The zero-order valence-electron chi connectivity index (χ0n) is 12.5. The van der Waals surface area contributed by atoms with Crippen LogP contribution in [0.5, 0.6) is 5.75 Å². The molecule has 3 rings (SSSR count). The molecule has 0 spiro atoms. The van der Waals surface area contributed by atoms with Crippen LogP contribution < -0.4 is 10.1 Å². The molecule has 1 N–H and O–H groups in total. The van der Waals surface area contributed by atoms with E-state index in [1.54, 1.807) is 42.7 Å². The fourth-order valence-corrected chi connectivity index (χ4v) is 3.37. The second-order valence-corrected chi connectivity index (χ2v) is 6.14. The van der Waals surface area contributed by atoms with Crippen LogP contribution in [-0.4, -0.2) is 36.5 Å². The van der Waals surface area contributed by atoms with Crippen molar-refractivity contribution in [1.82, 2.24) is 9.88 Å². The lowest BCUT2D eigenvalue weighted by molar-refractivity contribution is 0.102. The number of benzene rings is 1. The van der Waals surface area contributed by atoms with Crippen LogP contribution in [0.2, 0.25) is 0 Å². The first-order valence-corrected chi connectivity index (χ1v) is 7.60. The molecule has 0 radical (unpaired) electrons. The van der Waals surface area contributed by atoms with Gasteiger partial charge in [-0.1, -0.05) is 0 Å². The summed E-state index contributed by atoms with van der Waals surface area (Å²) >= 11 is 1.56. The Morgan fingerprint density at radius 1 is 1.36 bits per heavy atom. The van der Waals surface area contributed by atoms with Gasteiger partial charge in [-0.15, -0.1) is 23.7 Å². The van der Waals surface area contributed by atoms with Crippen LogP contribution >= 0.6 is 23.7 Å². The average Bonchev–Trinajstić information content (AvgIpc) is 2.88. The van der Waals surface area contributed by atoms with Gasteiger partial charge in [0.25, 0.3) is 5.91 Å². The molecule has 1 aromatic carbocycles. The first-order valence-electron chi connectivity index (χ1n) is 6.78. The van der Waals surface area contributed by atoms with Crippen molar-refractivity contribution in [3.05, 3.63) is 40.4 Å². The van der Waals surface area contributed by atoms with Crippen molar-refractivity contribution in [3.63, 3.8) is 0 Å². The van der Waals surface area contributed by atoms with Gasteiger partial charge in [0.1, 0.15) is 5.75 Å². The molecule has 1 amide bonds. The number of methoxy groups -OCH3 is 1. The summed E-state index contributed by atoms with van der Waals surface area (Å²) in [6.07, 6.45) is 0.945. The van der Waals surface area contributed by atoms with Crippen LogP contribution in [-0.2, 0) is 13.0 Å². The number of anilines is 1. The normalized spacial score (nSPS) is 13.9. The predicted molar refractivity (Wildman–Crippen MR) is 90.3 cm³/mol. The molecule has 0 bridgehead atoms. The Bertz CT molecular complexity index is 657. The highest BCUT2D eigenvalue weighted by molar-refractivity contribution is 7.15. The number of halogens is 1. The van der Waals surface area contributed by atoms with Gasteiger partial charge < -0.3 is 9.64 Å². The van der Waals surface area contributed by atoms with E-state index in [-0.39, 0.29) is 18.3 Å². The fraction of sp³-hybridized carbons (Fsp3) is 0.333. The van der Waals surface area contributed by atoms with Gasteiger partial charge in [-0.05, 0) is 31.3 Å². The standard InChI is InChI=1S/C15H17N3O2S.ClH/c1-18-8-7-12-13(9-18)21-15(16-12)17-14(19)10-3-5-11(20-2)6-4-10;/h3-6H,7-9H2,1-2H3,(H,16,17,19);1H. The maximum Gasteiger partial charge on any atom is 0.257 e. The number of carbonyl (C=O) groups excluding carboxylic acids is 1. The highest BCUT2D eigenvalue weighted by atomic mass is 35.5. The Kier molecular flexibility index (Phi) is 5.39. The first-order chi connectivity index (χ1) is 10.2. The van der Waals surface area contributed by atoms with E-state index < -0.39 is 0 Å². The largest absolute Gasteiger partial charge is 0.497 e. The third-order valence-corrected chi connectivity index (χ3v) is 4.49. The van der Waals surface area contributed by atoms with Crippen LogP contribution in [0, 0.1) is 0 Å². The summed E-state index contributed by atoms with van der Waals surface area (Å²) in [5.41, 5.74) is 1.71. The van der Waals surface area contributed by atoms with Crippen LogP contribution in [0.25, 0.3) is 0 Å². The molecular weight excluding hydrogens is 322 g/mol. The summed E-state index contributed by atoms with van der Waals surface area (Å²) in [5, 5.41) is 3.55. The Hall–Kier alpha value is -1.63. The minimum atomic E-state index is -0.142. The van der Waals surface area contributed by atoms with E-state index >= 15 is 0 Å². The highest BCUT2D eigenvalue weighted by Crippen LogP contribution is 2.28. The van der Waals surface area contributed by atoms with Crippen molar-refractivity contribution in [2.24, 2.45) is 0 Å². The smallest absolute Gasteiger partial charge is 0.257 e. The van der Waals surface area contributed by atoms with Crippen molar-refractivity contribution >= 4 is 34.8 Å². The SMILES string of the molecule is COc1ccc(C(=O)Nc2nc3c(s2)CN(C)CC3)cc1.Cl. The van der Waals surface area contributed by atoms with Gasteiger partial charge in [0.05, 0.1) is 12.8 Å². The van der Waals surface area contributed by atoms with Gasteiger partial charge in [0.15, 0.2) is 5.13 Å². The number of amides is 1. The third kappa shape index (κ3) is 3.58. The molecule has 118 valence electrons. The number of nitrogens with zero attached hydrogens (tertiary/aromatic N) is 2. The number of aromatic nitrogens is 1. The summed E-state index contributed by atoms with van der Waals surface area (Å²) in [6, 6.07) is 7.04. The minimum Gasteiger partial charge on any atom is -0.497 e. The summed E-state index contributed by atoms with van der Waals surface area (Å²) in [5.74, 6) is 0.594. The summed E-state index contributed by atoms with van der Waals surface area (Å²) < 4.78 is 5.09. The molecule has 0 saturated heterocycles. The Labute approximate surface area is 139 Å². The molecule has 1 aliphatic rings. The Morgan fingerprint density at radius 2 is 2.09 bits per heavy atom. The number of fused-ring (bicyclic) bond motifs is 1. The molecule has 7 heteroatoms. The lowest BCUT2D eigenvalue weighted by atomic mass is 10.2. The molecule has 0 unspecified atom stereocenters. The molecular formula is C15H18ClN3O2S. The zero-order chi connectivity index (χ0) is 14.8. The van der Waals surface area contributed by atoms with Gasteiger partial charge in [0.2, 0.25) is 0 Å². The van der Waals surface area contributed by atoms with Gasteiger partial charge in [-0.2, -0.15) is 0 Å². The van der Waals surface area contributed by atoms with E-state index in [0.29, 0.717) is 10.7 Å². The molecule has 5 nitrogen and oxygen atoms in total. The van der Waals surface area contributed by atoms with E-state index in [1.165, 1.54) is 4.88 Å². The molecule has 0 saturated carbocycles. The molecule has 1 aromatic heterocycles. The number of nitrogens with one attached hydrogen (secondary N) is 1. The van der Waals surface area contributed by atoms with Gasteiger partial charge >= 0.3 is 0 Å². The highest BCUT2D eigenvalue weighted by Gasteiger charge is 2.19. The lowest BCUT2D eigenvalue weighted by Gasteiger charge is -2.20. The fourth-order valence-electron chi connectivity index (χ4n) is 2.29. The second kappa shape index (κ2) is 7.09. The van der Waals surface area contributed by atoms with Gasteiger partial charge in [-0.25, -0.2) is 4.98 Å². The van der Waals surface area contributed by atoms with E-state index in [4.69, 9.17) is 4.74 Å². The Morgan fingerprint density at radius 3 is 2.77 bits per heavy atom. The van der Waals surface area contributed by atoms with Gasteiger partial charge in [0, 0.05) is 30.0 Å². The molecule has 0 aliphatic carbocycles. The maximum atomic E-state index is 12.2. The maximum absolute atomic E-state index is 12.2. The summed E-state index contributed by atoms with van der Waals surface area (Å²) in [4.78, 5) is 20.2. The van der Waals surface area contributed by atoms with Gasteiger partial charge in [-0.3, -0.25) is 10.1 Å². The number of ether oxygens (including phenoxy) is 1. The zero-order valence-corrected chi connectivity index (χ0v) is 14.1. The monoisotopic (exact) mass is 339 g/mol. The summed E-state index contributed by atoms with van der Waals surface area (Å²) in [6.45, 7) is 1.92. The van der Waals surface area contributed by atoms with Crippen molar-refractivity contribution in [2.45, 2.75) is 13.0 Å². The van der Waals surface area contributed by atoms with Crippen LogP contribution in [0.1, 0.15) is 20.9 Å². The van der Waals surface area contributed by atoms with E-state index in [1.807, 2.05) is 0 Å². The third-order valence-electron chi connectivity index (χ3n) is 3.49. The Balaban J connectivity index is 0.00000176. The molecule has 22 heavy (non-hydrogen) atoms. The second-order valence-electron chi connectivity index (χ2n) is 5.06. The van der Waals surface area contributed by atoms with Crippen LogP contribution in [0.15, 0.2) is 24.3 Å². The van der Waals surface area contributed by atoms with E-state index in [2.05, 4.69) is 22.2 Å². The minimum absolute atomic E-state index is 0. The predicted octanol–water partition coefficient (Wildman–Crippen LogP) is 2.81. The van der Waals surface area contributed by atoms with Crippen molar-refractivity contribution < 1.29 is 9.53 Å². The number of rotatable bonds is 3. The molecule has 1 aliphatic heterocycles. The molecule has 2 heterocycles. The van der Waals surface area contributed by atoms with Crippen molar-refractivity contribution in [1.29, 1.82) is 0 Å². The number of carbonyl (C=O) groups is 1. The van der Waals surface area contributed by atoms with Crippen molar-refractivity contribution in [2.75, 3.05) is 26.0 Å². The lowest BCUT2D eigenvalue weighted by Crippen LogP contribution is -2.25. The summed E-state index contributed by atoms with van der Waals surface area (Å²) in [7, 11) is 3.70. The molecule has 2 aromatic rings. The number of hydrogen-bond donors (Lipinski definition) is 1. The number of thiazole rings is 1. The average molecular weight is 340 g/mol. The molecule has 0 atom stereocenters.